The van der Waals surface area contributed by atoms with E-state index in [0.717, 1.165) is 13.0 Å². The van der Waals surface area contributed by atoms with E-state index in [2.05, 4.69) is 18.8 Å². The van der Waals surface area contributed by atoms with Gasteiger partial charge in [-0.3, -0.25) is 4.99 Å². The Labute approximate surface area is 78.4 Å². The summed E-state index contributed by atoms with van der Waals surface area (Å²) in [6.45, 7) is 5.38. The number of hydrogen-bond acceptors (Lipinski definition) is 2. The van der Waals surface area contributed by atoms with Crippen molar-refractivity contribution < 1.29 is 4.43 Å². The van der Waals surface area contributed by atoms with Crippen LogP contribution in [0, 0.1) is 0 Å². The van der Waals surface area contributed by atoms with Crippen LogP contribution in [0.5, 0.6) is 0 Å². The van der Waals surface area contributed by atoms with Crippen molar-refractivity contribution in [1.82, 2.24) is 0 Å². The SMILES string of the molecule is CCCC(CC)=NCC[SiH2]OC. The fraction of sp³-hybridized carbons (Fsp3) is 0.889. The second kappa shape index (κ2) is 8.94. The molecule has 0 heterocycles. The molecule has 0 saturated carbocycles. The van der Waals surface area contributed by atoms with Crippen molar-refractivity contribution in [2.24, 2.45) is 4.99 Å². The van der Waals surface area contributed by atoms with Gasteiger partial charge in [0.25, 0.3) is 0 Å². The van der Waals surface area contributed by atoms with Crippen molar-refractivity contribution in [3.8, 4) is 0 Å². The maximum atomic E-state index is 5.09. The Hall–Kier alpha value is -0.153. The fourth-order valence-corrected chi connectivity index (χ4v) is 1.68. The maximum absolute atomic E-state index is 5.09. The third-order valence-corrected chi connectivity index (χ3v) is 2.80. The molecule has 0 radical (unpaired) electrons. The zero-order valence-electron chi connectivity index (χ0n) is 8.60. The van der Waals surface area contributed by atoms with Gasteiger partial charge in [0.2, 0.25) is 0 Å². The van der Waals surface area contributed by atoms with Crippen LogP contribution in [0.25, 0.3) is 0 Å². The second-order valence-corrected chi connectivity index (χ2v) is 4.59. The Bertz CT molecular complexity index is 126. The zero-order valence-corrected chi connectivity index (χ0v) is 10.0. The summed E-state index contributed by atoms with van der Waals surface area (Å²) in [4.78, 5) is 4.54. The van der Waals surface area contributed by atoms with Gasteiger partial charge in [0.05, 0.1) is 0 Å². The number of hydrogen-bond donors (Lipinski definition) is 0. The van der Waals surface area contributed by atoms with Crippen LogP contribution >= 0.6 is 0 Å². The summed E-state index contributed by atoms with van der Waals surface area (Å²) >= 11 is 0. The van der Waals surface area contributed by atoms with E-state index < -0.39 is 0 Å². The lowest BCUT2D eigenvalue weighted by Gasteiger charge is -2.01. The van der Waals surface area contributed by atoms with E-state index in [-0.39, 0.29) is 9.76 Å². The molecule has 0 aromatic heterocycles. The first kappa shape index (κ1) is 11.8. The maximum Gasteiger partial charge on any atom is 0.162 e. The van der Waals surface area contributed by atoms with Crippen LogP contribution in [-0.2, 0) is 4.43 Å². The molecule has 3 heteroatoms. The van der Waals surface area contributed by atoms with E-state index in [4.69, 9.17) is 4.43 Å². The average Bonchev–Trinajstić information content (AvgIpc) is 2.10. The van der Waals surface area contributed by atoms with Gasteiger partial charge in [-0.1, -0.05) is 20.3 Å². The molecule has 0 aliphatic carbocycles. The Morgan fingerprint density at radius 2 is 2.17 bits per heavy atom. The zero-order chi connectivity index (χ0) is 9.23. The van der Waals surface area contributed by atoms with E-state index in [9.17, 15) is 0 Å². The number of nitrogens with zero attached hydrogens (tertiary/aromatic N) is 1. The predicted molar refractivity (Wildman–Crippen MR) is 57.9 cm³/mol. The van der Waals surface area contributed by atoms with Crippen LogP contribution in [0.4, 0.5) is 0 Å². The summed E-state index contributed by atoms with van der Waals surface area (Å²) in [5, 5.41) is 0. The Kier molecular flexibility index (Phi) is 8.83. The van der Waals surface area contributed by atoms with Crippen LogP contribution < -0.4 is 0 Å². The predicted octanol–water partition coefficient (Wildman–Crippen LogP) is 1.79. The molecule has 0 aliphatic rings. The first-order valence-corrected chi connectivity index (χ1v) is 6.44. The molecule has 0 spiro atoms. The summed E-state index contributed by atoms with van der Waals surface area (Å²) in [6.07, 6.45) is 3.50. The van der Waals surface area contributed by atoms with Crippen LogP contribution in [0.3, 0.4) is 0 Å². The van der Waals surface area contributed by atoms with Crippen molar-refractivity contribution in [3.05, 3.63) is 0 Å². The second-order valence-electron chi connectivity index (χ2n) is 2.90. The summed E-state index contributed by atoms with van der Waals surface area (Å²) in [5.74, 6) is 0. The minimum Gasteiger partial charge on any atom is -0.427 e. The summed E-state index contributed by atoms with van der Waals surface area (Å²) in [5.41, 5.74) is 1.38. The van der Waals surface area contributed by atoms with Crippen LogP contribution in [-0.4, -0.2) is 29.1 Å². The first-order valence-electron chi connectivity index (χ1n) is 4.86. The number of rotatable bonds is 7. The van der Waals surface area contributed by atoms with Crippen molar-refractivity contribution in [2.45, 2.75) is 39.2 Å². The fourth-order valence-electron chi connectivity index (χ4n) is 1.10. The van der Waals surface area contributed by atoms with Crippen LogP contribution in [0.15, 0.2) is 4.99 Å². The molecule has 0 saturated heterocycles. The third-order valence-electron chi connectivity index (χ3n) is 1.79. The number of aliphatic imine (C=N–C) groups is 1. The molecular formula is C9H21NOSi. The minimum atomic E-state index is -0.250. The van der Waals surface area contributed by atoms with Crippen molar-refractivity contribution in [1.29, 1.82) is 0 Å². The van der Waals surface area contributed by atoms with Crippen LogP contribution in [0.2, 0.25) is 6.04 Å². The smallest absolute Gasteiger partial charge is 0.162 e. The third kappa shape index (κ3) is 6.55. The molecule has 0 atom stereocenters. The van der Waals surface area contributed by atoms with Gasteiger partial charge in [0, 0.05) is 19.4 Å². The Morgan fingerprint density at radius 3 is 2.67 bits per heavy atom. The van der Waals surface area contributed by atoms with E-state index in [1.54, 1.807) is 7.11 Å². The lowest BCUT2D eigenvalue weighted by molar-refractivity contribution is 0.441. The highest BCUT2D eigenvalue weighted by atomic mass is 28.2. The molecule has 12 heavy (non-hydrogen) atoms. The van der Waals surface area contributed by atoms with Gasteiger partial charge in [-0.25, -0.2) is 0 Å². The lowest BCUT2D eigenvalue weighted by Crippen LogP contribution is -2.00. The van der Waals surface area contributed by atoms with Gasteiger partial charge in [0.15, 0.2) is 9.76 Å². The minimum absolute atomic E-state index is 0.250. The van der Waals surface area contributed by atoms with Gasteiger partial charge in [-0.15, -0.1) is 0 Å². The summed E-state index contributed by atoms with van der Waals surface area (Å²) in [6, 6.07) is 1.18. The van der Waals surface area contributed by atoms with Crippen molar-refractivity contribution >= 4 is 15.5 Å². The molecule has 0 aromatic rings. The topological polar surface area (TPSA) is 21.6 Å². The van der Waals surface area contributed by atoms with E-state index in [1.807, 2.05) is 0 Å². The molecular weight excluding hydrogens is 166 g/mol. The Morgan fingerprint density at radius 1 is 1.42 bits per heavy atom. The quantitative estimate of drug-likeness (QED) is 0.338. The monoisotopic (exact) mass is 187 g/mol. The molecule has 0 unspecified atom stereocenters. The lowest BCUT2D eigenvalue weighted by atomic mass is 10.2. The largest absolute Gasteiger partial charge is 0.427 e. The molecule has 0 N–H and O–H groups in total. The summed E-state index contributed by atoms with van der Waals surface area (Å²) < 4.78 is 5.09. The van der Waals surface area contributed by atoms with Gasteiger partial charge in [0.1, 0.15) is 0 Å². The molecule has 0 bridgehead atoms. The normalized spacial score (nSPS) is 13.1. The highest BCUT2D eigenvalue weighted by Gasteiger charge is 1.93. The van der Waals surface area contributed by atoms with Gasteiger partial charge in [-0.05, 0) is 18.9 Å². The molecule has 0 fully saturated rings. The van der Waals surface area contributed by atoms with E-state index in [0.29, 0.717) is 0 Å². The Balaban J connectivity index is 3.48. The summed E-state index contributed by atoms with van der Waals surface area (Å²) in [7, 11) is 1.54. The molecule has 0 aliphatic heterocycles. The van der Waals surface area contributed by atoms with Gasteiger partial charge in [-0.2, -0.15) is 0 Å². The van der Waals surface area contributed by atoms with Gasteiger partial charge < -0.3 is 4.43 Å². The highest BCUT2D eigenvalue weighted by molar-refractivity contribution is 6.27. The molecule has 72 valence electrons. The molecule has 0 rings (SSSR count). The van der Waals surface area contributed by atoms with Gasteiger partial charge >= 0.3 is 0 Å². The molecule has 2 nitrogen and oxygen atoms in total. The average molecular weight is 187 g/mol. The van der Waals surface area contributed by atoms with E-state index >= 15 is 0 Å². The van der Waals surface area contributed by atoms with E-state index in [1.165, 1.54) is 24.6 Å². The molecule has 0 aromatic carbocycles. The molecule has 0 amide bonds. The van der Waals surface area contributed by atoms with Crippen molar-refractivity contribution in [3.63, 3.8) is 0 Å². The van der Waals surface area contributed by atoms with Crippen molar-refractivity contribution in [2.75, 3.05) is 13.7 Å². The highest BCUT2D eigenvalue weighted by Crippen LogP contribution is 1.97. The first-order chi connectivity index (χ1) is 5.85. The van der Waals surface area contributed by atoms with Crippen LogP contribution in [0.1, 0.15) is 33.1 Å². The standard InChI is InChI=1S/C9H21NOSi/c1-4-6-9(5-2)10-7-8-12-11-3/h4-8,12H2,1-3H3.